The first-order chi connectivity index (χ1) is 13.5. The minimum absolute atomic E-state index is 0.0885. The number of carbonyl (C=O) groups excluding carboxylic acids is 2. The number of aromatic nitrogens is 1. The van der Waals surface area contributed by atoms with Gasteiger partial charge in [0.05, 0.1) is 11.5 Å². The third-order valence-electron chi connectivity index (χ3n) is 4.73. The van der Waals surface area contributed by atoms with E-state index in [1.807, 2.05) is 4.90 Å². The molecule has 0 spiro atoms. The minimum atomic E-state index is -0.186. The zero-order valence-electron chi connectivity index (χ0n) is 16.3. The lowest BCUT2D eigenvalue weighted by molar-refractivity contribution is -0.130. The second-order valence-electron chi connectivity index (χ2n) is 6.95. The summed E-state index contributed by atoms with van der Waals surface area (Å²) in [5.41, 5.74) is 2.64. The molecule has 0 saturated carbocycles. The molecule has 1 N–H and O–H groups in total. The summed E-state index contributed by atoms with van der Waals surface area (Å²) in [6.45, 7) is 8.02. The highest BCUT2D eigenvalue weighted by Gasteiger charge is 2.21. The van der Waals surface area contributed by atoms with Crippen molar-refractivity contribution in [3.05, 3.63) is 47.2 Å². The van der Waals surface area contributed by atoms with Gasteiger partial charge in [-0.3, -0.25) is 14.5 Å². The lowest BCUT2D eigenvalue weighted by atomic mass is 10.1. The highest BCUT2D eigenvalue weighted by Crippen LogP contribution is 2.14. The van der Waals surface area contributed by atoms with Crippen molar-refractivity contribution in [1.82, 2.24) is 15.0 Å². The lowest BCUT2D eigenvalue weighted by Gasteiger charge is -2.35. The standard InChI is InChI=1S/C20H26N4O3S/c1-15-5-3-4-6-17(15)12-23-7-9-24(10-8-23)20(26)14-28-13-19(25)21-18-11-16(2)27-22-18/h3-6,11H,7-10,12-14H2,1-2H3,(H,21,22,25). The third-order valence-corrected chi connectivity index (χ3v) is 5.65. The molecule has 1 fully saturated rings. The van der Waals surface area contributed by atoms with Gasteiger partial charge in [0.2, 0.25) is 11.8 Å². The summed E-state index contributed by atoms with van der Waals surface area (Å²) < 4.78 is 4.90. The van der Waals surface area contributed by atoms with E-state index in [2.05, 4.69) is 46.6 Å². The Morgan fingerprint density at radius 1 is 1.14 bits per heavy atom. The minimum Gasteiger partial charge on any atom is -0.360 e. The molecule has 0 unspecified atom stereocenters. The molecule has 7 nitrogen and oxygen atoms in total. The number of aryl methyl sites for hydroxylation is 2. The molecule has 150 valence electrons. The maximum atomic E-state index is 12.4. The van der Waals surface area contributed by atoms with E-state index in [1.54, 1.807) is 13.0 Å². The molecular weight excluding hydrogens is 376 g/mol. The monoisotopic (exact) mass is 402 g/mol. The number of thioether (sulfide) groups is 1. The van der Waals surface area contributed by atoms with Crippen molar-refractivity contribution in [1.29, 1.82) is 0 Å². The van der Waals surface area contributed by atoms with E-state index in [-0.39, 0.29) is 17.6 Å². The summed E-state index contributed by atoms with van der Waals surface area (Å²) in [4.78, 5) is 28.5. The summed E-state index contributed by atoms with van der Waals surface area (Å²) in [7, 11) is 0. The zero-order valence-corrected chi connectivity index (χ0v) is 17.1. The van der Waals surface area contributed by atoms with E-state index in [9.17, 15) is 9.59 Å². The second-order valence-corrected chi connectivity index (χ2v) is 7.93. The fourth-order valence-electron chi connectivity index (χ4n) is 3.11. The topological polar surface area (TPSA) is 78.7 Å². The molecular formula is C20H26N4O3S. The number of piperazine rings is 1. The maximum Gasteiger partial charge on any atom is 0.235 e. The predicted octanol–water partition coefficient (Wildman–Crippen LogP) is 2.31. The molecule has 8 heteroatoms. The molecule has 1 aromatic carbocycles. The molecule has 0 bridgehead atoms. The predicted molar refractivity (Wildman–Crippen MR) is 110 cm³/mol. The number of nitrogens with zero attached hydrogens (tertiary/aromatic N) is 3. The van der Waals surface area contributed by atoms with E-state index >= 15 is 0 Å². The molecule has 1 aliphatic heterocycles. The first kappa shape index (κ1) is 20.4. The van der Waals surface area contributed by atoms with Crippen LogP contribution in [0.15, 0.2) is 34.9 Å². The van der Waals surface area contributed by atoms with Gasteiger partial charge in [-0.05, 0) is 25.0 Å². The van der Waals surface area contributed by atoms with Crippen LogP contribution in [0, 0.1) is 13.8 Å². The van der Waals surface area contributed by atoms with Gasteiger partial charge in [0.15, 0.2) is 5.82 Å². The fraction of sp³-hybridized carbons (Fsp3) is 0.450. The van der Waals surface area contributed by atoms with Crippen molar-refractivity contribution < 1.29 is 14.1 Å². The molecule has 1 saturated heterocycles. The molecule has 0 atom stereocenters. The van der Waals surface area contributed by atoms with Crippen molar-refractivity contribution in [3.63, 3.8) is 0 Å². The van der Waals surface area contributed by atoms with Gasteiger partial charge in [-0.15, -0.1) is 11.8 Å². The Morgan fingerprint density at radius 2 is 1.89 bits per heavy atom. The normalized spacial score (nSPS) is 14.9. The molecule has 0 aliphatic carbocycles. The Balaban J connectivity index is 1.34. The lowest BCUT2D eigenvalue weighted by Crippen LogP contribution is -2.48. The van der Waals surface area contributed by atoms with Crippen molar-refractivity contribution in [2.24, 2.45) is 0 Å². The van der Waals surface area contributed by atoms with Gasteiger partial charge in [-0.25, -0.2) is 0 Å². The average Bonchev–Trinajstić information content (AvgIpc) is 3.08. The van der Waals surface area contributed by atoms with Crippen LogP contribution in [0.5, 0.6) is 0 Å². The van der Waals surface area contributed by atoms with Crippen LogP contribution in [-0.4, -0.2) is 64.5 Å². The molecule has 2 aromatic rings. The zero-order chi connectivity index (χ0) is 19.9. The molecule has 1 aliphatic rings. The Morgan fingerprint density at radius 3 is 2.57 bits per heavy atom. The molecule has 2 heterocycles. The number of amides is 2. The number of hydrogen-bond acceptors (Lipinski definition) is 6. The van der Waals surface area contributed by atoms with Gasteiger partial charge >= 0.3 is 0 Å². The highest BCUT2D eigenvalue weighted by molar-refractivity contribution is 8.00. The van der Waals surface area contributed by atoms with Gasteiger partial charge in [0, 0.05) is 38.8 Å². The summed E-state index contributed by atoms with van der Waals surface area (Å²) in [6, 6.07) is 10.1. The number of benzene rings is 1. The van der Waals surface area contributed by atoms with Crippen molar-refractivity contribution in [2.75, 3.05) is 43.0 Å². The maximum absolute atomic E-state index is 12.4. The summed E-state index contributed by atoms with van der Waals surface area (Å²) >= 11 is 1.32. The second kappa shape index (κ2) is 9.75. The summed E-state index contributed by atoms with van der Waals surface area (Å²) in [5, 5.41) is 6.37. The average molecular weight is 403 g/mol. The van der Waals surface area contributed by atoms with Crippen LogP contribution >= 0.6 is 11.8 Å². The first-order valence-electron chi connectivity index (χ1n) is 9.37. The van der Waals surface area contributed by atoms with Crippen LogP contribution in [0.1, 0.15) is 16.9 Å². The van der Waals surface area contributed by atoms with Crippen LogP contribution in [-0.2, 0) is 16.1 Å². The smallest absolute Gasteiger partial charge is 0.235 e. The van der Waals surface area contributed by atoms with Gasteiger partial charge in [0.1, 0.15) is 5.76 Å². The van der Waals surface area contributed by atoms with E-state index in [4.69, 9.17) is 4.52 Å². The van der Waals surface area contributed by atoms with Gasteiger partial charge in [0.25, 0.3) is 0 Å². The van der Waals surface area contributed by atoms with Crippen molar-refractivity contribution >= 4 is 29.4 Å². The van der Waals surface area contributed by atoms with Crippen molar-refractivity contribution in [2.45, 2.75) is 20.4 Å². The molecule has 2 amide bonds. The Bertz CT molecular complexity index is 815. The van der Waals surface area contributed by atoms with Crippen LogP contribution in [0.2, 0.25) is 0 Å². The van der Waals surface area contributed by atoms with Gasteiger partial charge in [-0.1, -0.05) is 29.4 Å². The number of hydrogen-bond donors (Lipinski definition) is 1. The molecule has 28 heavy (non-hydrogen) atoms. The Kier molecular flexibility index (Phi) is 7.11. The Hall–Kier alpha value is -2.32. The third kappa shape index (κ3) is 5.84. The fourth-order valence-corrected chi connectivity index (χ4v) is 3.83. The number of anilines is 1. The van der Waals surface area contributed by atoms with E-state index < -0.39 is 0 Å². The highest BCUT2D eigenvalue weighted by atomic mass is 32.2. The number of nitrogens with one attached hydrogen (secondary N) is 1. The number of carbonyl (C=O) groups is 2. The van der Waals surface area contributed by atoms with Crippen LogP contribution in [0.25, 0.3) is 0 Å². The van der Waals surface area contributed by atoms with Crippen LogP contribution in [0.3, 0.4) is 0 Å². The first-order valence-corrected chi connectivity index (χ1v) is 10.5. The van der Waals surface area contributed by atoms with Crippen molar-refractivity contribution in [3.8, 4) is 0 Å². The Labute approximate surface area is 169 Å². The SMILES string of the molecule is Cc1cc(NC(=O)CSCC(=O)N2CCN(Cc3ccccc3C)CC2)no1. The summed E-state index contributed by atoms with van der Waals surface area (Å²) in [6.07, 6.45) is 0. The molecule has 1 aromatic heterocycles. The quantitative estimate of drug-likeness (QED) is 0.766. The van der Waals surface area contributed by atoms with E-state index in [0.29, 0.717) is 17.3 Å². The molecule has 3 rings (SSSR count). The van der Waals surface area contributed by atoms with Gasteiger partial charge in [-0.2, -0.15) is 0 Å². The van der Waals surface area contributed by atoms with Crippen LogP contribution < -0.4 is 5.32 Å². The number of rotatable bonds is 7. The van der Waals surface area contributed by atoms with E-state index in [0.717, 1.165) is 32.7 Å². The van der Waals surface area contributed by atoms with E-state index in [1.165, 1.54) is 22.9 Å². The molecule has 0 radical (unpaired) electrons. The van der Waals surface area contributed by atoms with Gasteiger partial charge < -0.3 is 14.7 Å². The largest absolute Gasteiger partial charge is 0.360 e. The van der Waals surface area contributed by atoms with Crippen LogP contribution in [0.4, 0.5) is 5.82 Å². The summed E-state index contributed by atoms with van der Waals surface area (Å²) in [5.74, 6) is 1.46.